The first-order valence-corrected chi connectivity index (χ1v) is 10.2. The fourth-order valence-corrected chi connectivity index (χ4v) is 3.76. The lowest BCUT2D eigenvalue weighted by Gasteiger charge is -2.15. The van der Waals surface area contributed by atoms with Gasteiger partial charge in [-0.3, -0.25) is 19.7 Å². The highest BCUT2D eigenvalue weighted by Gasteiger charge is 2.38. The maximum atomic E-state index is 13.2. The van der Waals surface area contributed by atoms with Crippen molar-refractivity contribution in [3.8, 4) is 0 Å². The normalized spacial score (nSPS) is 13.7. The maximum Gasteiger partial charge on any atom is 0.283 e. The monoisotopic (exact) mass is 456 g/mol. The first-order chi connectivity index (χ1) is 14.8. The number of anilines is 3. The molecule has 0 saturated heterocycles. The molecule has 3 amide bonds. The molecule has 0 spiro atoms. The molecule has 2 N–H and O–H groups in total. The summed E-state index contributed by atoms with van der Waals surface area (Å²) in [7, 11) is 0. The van der Waals surface area contributed by atoms with Gasteiger partial charge in [0.1, 0.15) is 16.5 Å². The smallest absolute Gasteiger partial charge is 0.283 e. The number of hydrogen-bond donors (Lipinski definition) is 2. The molecule has 1 aliphatic rings. The predicted octanol–water partition coefficient (Wildman–Crippen LogP) is 4.28. The number of nitrogens with one attached hydrogen (secondary N) is 2. The van der Waals surface area contributed by atoms with Crippen molar-refractivity contribution < 1.29 is 18.8 Å². The second-order valence-electron chi connectivity index (χ2n) is 6.56. The van der Waals surface area contributed by atoms with Crippen molar-refractivity contribution in [1.82, 2.24) is 4.98 Å². The summed E-state index contributed by atoms with van der Waals surface area (Å²) in [5.74, 6) is -2.19. The zero-order valence-corrected chi connectivity index (χ0v) is 17.6. The van der Waals surface area contributed by atoms with E-state index in [4.69, 9.17) is 11.6 Å². The Morgan fingerprint density at radius 1 is 1.06 bits per heavy atom. The largest absolute Gasteiger partial charge is 0.350 e. The molecular weight excluding hydrogens is 443 g/mol. The first-order valence-electron chi connectivity index (χ1n) is 8.98. The Labute approximate surface area is 185 Å². The Morgan fingerprint density at radius 2 is 1.74 bits per heavy atom. The van der Waals surface area contributed by atoms with E-state index in [0.717, 1.165) is 22.7 Å². The van der Waals surface area contributed by atoms with Crippen LogP contribution in [0.1, 0.15) is 16.1 Å². The Bertz CT molecular complexity index is 1220. The van der Waals surface area contributed by atoms with Crippen molar-refractivity contribution >= 4 is 57.2 Å². The van der Waals surface area contributed by atoms with Gasteiger partial charge in [0.05, 0.1) is 11.4 Å². The molecule has 1 aliphatic heterocycles. The molecule has 7 nitrogen and oxygen atoms in total. The van der Waals surface area contributed by atoms with Gasteiger partial charge in [-0.2, -0.15) is 0 Å². The molecule has 3 aromatic rings. The summed E-state index contributed by atoms with van der Waals surface area (Å²) in [4.78, 5) is 42.5. The number of hydrogen-bond acceptors (Lipinski definition) is 6. The number of aryl methyl sites for hydroxylation is 1. The topological polar surface area (TPSA) is 91.4 Å². The van der Waals surface area contributed by atoms with E-state index in [1.807, 2.05) is 12.3 Å². The van der Waals surface area contributed by atoms with Crippen LogP contribution in [0.15, 0.2) is 64.6 Å². The zero-order valence-electron chi connectivity index (χ0n) is 16.0. The molecule has 1 aromatic heterocycles. The van der Waals surface area contributed by atoms with Gasteiger partial charge in [0.15, 0.2) is 5.13 Å². The quantitative estimate of drug-likeness (QED) is 0.559. The molecule has 0 atom stereocenters. The SMILES string of the molecule is Cc1csc(NC(=O)c2ccc(NC3=C(Cl)C(=O)N(c4ccc(F)cc4)C3=O)cc2)n1. The lowest BCUT2D eigenvalue weighted by atomic mass is 10.2. The maximum absolute atomic E-state index is 13.2. The van der Waals surface area contributed by atoms with Gasteiger partial charge in [-0.25, -0.2) is 14.3 Å². The highest BCUT2D eigenvalue weighted by atomic mass is 35.5. The number of benzene rings is 2. The van der Waals surface area contributed by atoms with Gasteiger partial charge < -0.3 is 5.32 Å². The Balaban J connectivity index is 1.48. The summed E-state index contributed by atoms with van der Waals surface area (Å²) >= 11 is 7.41. The van der Waals surface area contributed by atoms with E-state index >= 15 is 0 Å². The van der Waals surface area contributed by atoms with E-state index in [2.05, 4.69) is 15.6 Å². The minimum atomic E-state index is -0.712. The third kappa shape index (κ3) is 4.18. The van der Waals surface area contributed by atoms with E-state index in [1.54, 1.807) is 24.3 Å². The van der Waals surface area contributed by atoms with Gasteiger partial charge >= 0.3 is 0 Å². The van der Waals surface area contributed by atoms with Gasteiger partial charge in [-0.15, -0.1) is 11.3 Å². The average molecular weight is 457 g/mol. The highest BCUT2D eigenvalue weighted by Crippen LogP contribution is 2.30. The molecule has 31 heavy (non-hydrogen) atoms. The van der Waals surface area contributed by atoms with Gasteiger partial charge in [0.25, 0.3) is 17.7 Å². The first kappa shape index (κ1) is 20.7. The van der Waals surface area contributed by atoms with Crippen LogP contribution >= 0.6 is 22.9 Å². The van der Waals surface area contributed by atoms with E-state index in [0.29, 0.717) is 16.4 Å². The fourth-order valence-electron chi connectivity index (χ4n) is 2.87. The van der Waals surface area contributed by atoms with Crippen LogP contribution in [0.25, 0.3) is 0 Å². The molecule has 0 saturated carbocycles. The number of carbonyl (C=O) groups excluding carboxylic acids is 3. The summed E-state index contributed by atoms with van der Waals surface area (Å²) in [5, 5.41) is 7.57. The Hall–Kier alpha value is -3.56. The lowest BCUT2D eigenvalue weighted by molar-refractivity contribution is -0.120. The molecule has 0 bridgehead atoms. The number of nitrogens with zero attached hydrogens (tertiary/aromatic N) is 2. The third-order valence-corrected chi connectivity index (χ3v) is 5.59. The number of halogens is 2. The summed E-state index contributed by atoms with van der Waals surface area (Å²) in [6.45, 7) is 1.83. The van der Waals surface area contributed by atoms with Crippen molar-refractivity contribution in [3.05, 3.63) is 81.7 Å². The summed E-state index contributed by atoms with van der Waals surface area (Å²) in [5.41, 5.74) is 1.76. The summed E-state index contributed by atoms with van der Waals surface area (Å²) in [6.07, 6.45) is 0. The van der Waals surface area contributed by atoms with Crippen LogP contribution in [0.5, 0.6) is 0 Å². The average Bonchev–Trinajstić information content (AvgIpc) is 3.25. The number of carbonyl (C=O) groups is 3. The molecule has 0 radical (unpaired) electrons. The van der Waals surface area contributed by atoms with Crippen LogP contribution < -0.4 is 15.5 Å². The Morgan fingerprint density at radius 3 is 2.35 bits per heavy atom. The van der Waals surface area contributed by atoms with Crippen molar-refractivity contribution in [1.29, 1.82) is 0 Å². The number of imide groups is 1. The molecular formula is C21H14ClFN4O3S. The Kier molecular flexibility index (Phi) is 5.53. The molecule has 156 valence electrons. The molecule has 10 heteroatoms. The van der Waals surface area contributed by atoms with Gasteiger partial charge in [0.2, 0.25) is 0 Å². The number of rotatable bonds is 5. The number of amides is 3. The predicted molar refractivity (Wildman–Crippen MR) is 117 cm³/mol. The van der Waals surface area contributed by atoms with E-state index in [9.17, 15) is 18.8 Å². The minimum absolute atomic E-state index is 0.105. The van der Waals surface area contributed by atoms with Gasteiger partial charge in [0, 0.05) is 16.6 Å². The molecule has 0 aliphatic carbocycles. The number of aromatic nitrogens is 1. The fraction of sp³-hybridized carbons (Fsp3) is 0.0476. The van der Waals surface area contributed by atoms with Crippen LogP contribution in [-0.4, -0.2) is 22.7 Å². The molecule has 0 fully saturated rings. The minimum Gasteiger partial charge on any atom is -0.350 e. The molecule has 2 heterocycles. The van der Waals surface area contributed by atoms with E-state index < -0.39 is 17.6 Å². The van der Waals surface area contributed by atoms with Crippen LogP contribution in [0.2, 0.25) is 0 Å². The van der Waals surface area contributed by atoms with Crippen molar-refractivity contribution in [2.75, 3.05) is 15.5 Å². The van der Waals surface area contributed by atoms with Crippen molar-refractivity contribution in [3.63, 3.8) is 0 Å². The van der Waals surface area contributed by atoms with Gasteiger partial charge in [-0.1, -0.05) is 11.6 Å². The van der Waals surface area contributed by atoms with Crippen LogP contribution in [0.4, 0.5) is 20.9 Å². The van der Waals surface area contributed by atoms with E-state index in [1.165, 1.54) is 23.5 Å². The van der Waals surface area contributed by atoms with Gasteiger partial charge in [-0.05, 0) is 55.5 Å². The third-order valence-electron chi connectivity index (χ3n) is 4.37. The number of thiazole rings is 1. The van der Waals surface area contributed by atoms with Crippen LogP contribution in [0, 0.1) is 12.7 Å². The molecule has 0 unspecified atom stereocenters. The standard InChI is InChI=1S/C21H14ClFN4O3S/c1-11-10-31-21(24-11)26-18(28)12-2-6-14(7-3-12)25-17-16(22)19(29)27(20(17)30)15-8-4-13(23)5-9-15/h2-10,25H,1H3,(H,24,26,28). The van der Waals surface area contributed by atoms with Crippen LogP contribution in [0.3, 0.4) is 0 Å². The summed E-state index contributed by atoms with van der Waals surface area (Å²) in [6, 6.07) is 11.2. The second-order valence-corrected chi connectivity index (χ2v) is 7.80. The molecule has 2 aromatic carbocycles. The van der Waals surface area contributed by atoms with Crippen molar-refractivity contribution in [2.24, 2.45) is 0 Å². The van der Waals surface area contributed by atoms with Crippen molar-refractivity contribution in [2.45, 2.75) is 6.92 Å². The van der Waals surface area contributed by atoms with E-state index in [-0.39, 0.29) is 22.3 Å². The summed E-state index contributed by atoms with van der Waals surface area (Å²) < 4.78 is 13.2. The lowest BCUT2D eigenvalue weighted by Crippen LogP contribution is -2.32. The second kappa shape index (κ2) is 8.29. The highest BCUT2D eigenvalue weighted by molar-refractivity contribution is 7.13. The van der Waals surface area contributed by atoms with Crippen LogP contribution in [-0.2, 0) is 9.59 Å². The molecule has 4 rings (SSSR count). The zero-order chi connectivity index (χ0) is 22.1.